The Kier molecular flexibility index (Phi) is 2.97. The van der Waals surface area contributed by atoms with Crippen molar-refractivity contribution in [3.63, 3.8) is 0 Å². The fraction of sp³-hybridized carbons (Fsp3) is 0.167. The van der Waals surface area contributed by atoms with Gasteiger partial charge in [-0.15, -0.1) is 0 Å². The van der Waals surface area contributed by atoms with Crippen molar-refractivity contribution in [2.45, 2.75) is 13.5 Å². The van der Waals surface area contributed by atoms with Gasteiger partial charge in [0.1, 0.15) is 0 Å². The van der Waals surface area contributed by atoms with Crippen molar-refractivity contribution in [2.24, 2.45) is 0 Å². The number of aromatic amines is 1. The van der Waals surface area contributed by atoms with E-state index >= 15 is 0 Å². The summed E-state index contributed by atoms with van der Waals surface area (Å²) in [5.41, 5.74) is 3.33. The van der Waals surface area contributed by atoms with Crippen LogP contribution in [0.25, 0.3) is 0 Å². The highest BCUT2D eigenvalue weighted by Crippen LogP contribution is 2.23. The molecule has 1 aromatic carbocycles. The summed E-state index contributed by atoms with van der Waals surface area (Å²) in [6.07, 6.45) is 1.92. The molecule has 3 heteroatoms. The van der Waals surface area contributed by atoms with Crippen LogP contribution in [-0.2, 0) is 6.54 Å². The second-order valence-corrected chi connectivity index (χ2v) is 3.87. The number of anilines is 1. The molecule has 0 spiro atoms. The summed E-state index contributed by atoms with van der Waals surface area (Å²) in [6, 6.07) is 9.92. The summed E-state index contributed by atoms with van der Waals surface area (Å²) in [7, 11) is 0. The van der Waals surface area contributed by atoms with Crippen LogP contribution < -0.4 is 5.32 Å². The number of nitrogens with one attached hydrogen (secondary N) is 2. The molecular formula is C12H13ClN2. The highest BCUT2D eigenvalue weighted by Gasteiger charge is 2.01. The second kappa shape index (κ2) is 4.41. The first-order chi connectivity index (χ1) is 7.27. The second-order valence-electron chi connectivity index (χ2n) is 3.46. The van der Waals surface area contributed by atoms with Gasteiger partial charge in [-0.3, -0.25) is 0 Å². The number of halogens is 1. The molecule has 0 atom stereocenters. The van der Waals surface area contributed by atoms with Crippen LogP contribution in [0.4, 0.5) is 5.69 Å². The van der Waals surface area contributed by atoms with Gasteiger partial charge < -0.3 is 10.3 Å². The molecule has 2 aromatic rings. The van der Waals surface area contributed by atoms with Crippen LogP contribution >= 0.6 is 11.6 Å². The number of rotatable bonds is 3. The van der Waals surface area contributed by atoms with E-state index in [0.717, 1.165) is 28.5 Å². The summed E-state index contributed by atoms with van der Waals surface area (Å²) < 4.78 is 0. The van der Waals surface area contributed by atoms with E-state index in [1.54, 1.807) is 0 Å². The van der Waals surface area contributed by atoms with Crippen LogP contribution in [0.2, 0.25) is 5.02 Å². The molecule has 0 bridgehead atoms. The largest absolute Gasteiger partial charge is 0.379 e. The number of hydrogen-bond acceptors (Lipinski definition) is 1. The fourth-order valence-electron chi connectivity index (χ4n) is 1.47. The number of H-pyrrole nitrogens is 1. The third-order valence-electron chi connectivity index (χ3n) is 2.40. The minimum Gasteiger partial charge on any atom is -0.379 e. The Bertz CT molecular complexity index is 435. The van der Waals surface area contributed by atoms with E-state index < -0.39 is 0 Å². The van der Waals surface area contributed by atoms with Gasteiger partial charge in [0.25, 0.3) is 0 Å². The van der Waals surface area contributed by atoms with Crippen molar-refractivity contribution in [2.75, 3.05) is 5.32 Å². The average Bonchev–Trinajstić information content (AvgIpc) is 2.73. The van der Waals surface area contributed by atoms with Crippen molar-refractivity contribution in [1.82, 2.24) is 4.98 Å². The maximum Gasteiger partial charge on any atom is 0.0551 e. The molecule has 2 N–H and O–H groups in total. The molecule has 0 amide bonds. The molecule has 0 aliphatic carbocycles. The van der Waals surface area contributed by atoms with Crippen molar-refractivity contribution in [3.8, 4) is 0 Å². The van der Waals surface area contributed by atoms with E-state index in [9.17, 15) is 0 Å². The lowest BCUT2D eigenvalue weighted by molar-refractivity contribution is 1.07. The Labute approximate surface area is 94.3 Å². The van der Waals surface area contributed by atoms with Gasteiger partial charge in [-0.25, -0.2) is 0 Å². The Morgan fingerprint density at radius 2 is 2.13 bits per heavy atom. The standard InChI is InChI=1S/C12H13ClN2/c1-9-11(13)5-2-6-12(9)15-8-10-4-3-7-14-10/h2-7,14-15H,8H2,1H3. The van der Waals surface area contributed by atoms with Gasteiger partial charge in [0.05, 0.1) is 6.54 Å². The molecule has 78 valence electrons. The molecule has 0 saturated heterocycles. The molecule has 1 heterocycles. The maximum atomic E-state index is 6.03. The lowest BCUT2D eigenvalue weighted by Gasteiger charge is -2.09. The van der Waals surface area contributed by atoms with E-state index in [1.165, 1.54) is 0 Å². The van der Waals surface area contributed by atoms with E-state index in [0.29, 0.717) is 0 Å². The molecule has 2 nitrogen and oxygen atoms in total. The quantitative estimate of drug-likeness (QED) is 0.813. The molecule has 0 saturated carbocycles. The molecule has 0 unspecified atom stereocenters. The van der Waals surface area contributed by atoms with Gasteiger partial charge in [-0.2, -0.15) is 0 Å². The summed E-state index contributed by atoms with van der Waals surface area (Å²) in [5.74, 6) is 0. The molecular weight excluding hydrogens is 208 g/mol. The number of aromatic nitrogens is 1. The van der Waals surface area contributed by atoms with Crippen LogP contribution in [0.5, 0.6) is 0 Å². The number of hydrogen-bond donors (Lipinski definition) is 2. The minimum atomic E-state index is 0.786. The lowest BCUT2D eigenvalue weighted by atomic mass is 10.2. The first-order valence-corrected chi connectivity index (χ1v) is 5.26. The van der Waals surface area contributed by atoms with Gasteiger partial charge in [-0.1, -0.05) is 17.7 Å². The molecule has 15 heavy (non-hydrogen) atoms. The van der Waals surface area contributed by atoms with Crippen LogP contribution in [0, 0.1) is 6.92 Å². The third-order valence-corrected chi connectivity index (χ3v) is 2.81. The lowest BCUT2D eigenvalue weighted by Crippen LogP contribution is -2.01. The maximum absolute atomic E-state index is 6.03. The number of benzene rings is 1. The van der Waals surface area contributed by atoms with E-state index in [2.05, 4.69) is 10.3 Å². The Balaban J connectivity index is 2.08. The van der Waals surface area contributed by atoms with Gasteiger partial charge in [0, 0.05) is 22.6 Å². The van der Waals surface area contributed by atoms with Crippen molar-refractivity contribution < 1.29 is 0 Å². The highest BCUT2D eigenvalue weighted by atomic mass is 35.5. The van der Waals surface area contributed by atoms with Crippen LogP contribution in [0.3, 0.4) is 0 Å². The zero-order valence-electron chi connectivity index (χ0n) is 8.55. The topological polar surface area (TPSA) is 27.8 Å². The molecule has 0 aliphatic rings. The predicted molar refractivity (Wildman–Crippen MR) is 64.3 cm³/mol. The SMILES string of the molecule is Cc1c(Cl)cccc1NCc1ccc[nH]1. The van der Waals surface area contributed by atoms with Gasteiger partial charge in [-0.05, 0) is 36.8 Å². The molecule has 0 radical (unpaired) electrons. The van der Waals surface area contributed by atoms with E-state index in [-0.39, 0.29) is 0 Å². The Morgan fingerprint density at radius 1 is 1.27 bits per heavy atom. The molecule has 0 aliphatic heterocycles. The molecule has 1 aromatic heterocycles. The zero-order chi connectivity index (χ0) is 10.7. The summed E-state index contributed by atoms with van der Waals surface area (Å²) in [6.45, 7) is 2.80. The summed E-state index contributed by atoms with van der Waals surface area (Å²) in [4.78, 5) is 3.15. The first kappa shape index (κ1) is 10.1. The van der Waals surface area contributed by atoms with E-state index in [4.69, 9.17) is 11.6 Å². The third kappa shape index (κ3) is 2.34. The fourth-order valence-corrected chi connectivity index (χ4v) is 1.64. The first-order valence-electron chi connectivity index (χ1n) is 4.88. The van der Waals surface area contributed by atoms with Crippen LogP contribution in [0.15, 0.2) is 36.5 Å². The minimum absolute atomic E-state index is 0.786. The van der Waals surface area contributed by atoms with Crippen LogP contribution in [-0.4, -0.2) is 4.98 Å². The average molecular weight is 221 g/mol. The van der Waals surface area contributed by atoms with Crippen LogP contribution in [0.1, 0.15) is 11.3 Å². The summed E-state index contributed by atoms with van der Waals surface area (Å²) >= 11 is 6.03. The van der Waals surface area contributed by atoms with Crippen molar-refractivity contribution >= 4 is 17.3 Å². The summed E-state index contributed by atoms with van der Waals surface area (Å²) in [5, 5.41) is 4.14. The van der Waals surface area contributed by atoms with Gasteiger partial charge >= 0.3 is 0 Å². The van der Waals surface area contributed by atoms with Crippen molar-refractivity contribution in [1.29, 1.82) is 0 Å². The smallest absolute Gasteiger partial charge is 0.0551 e. The Morgan fingerprint density at radius 3 is 2.87 bits per heavy atom. The highest BCUT2D eigenvalue weighted by molar-refractivity contribution is 6.31. The zero-order valence-corrected chi connectivity index (χ0v) is 9.31. The monoisotopic (exact) mass is 220 g/mol. The predicted octanol–water partition coefficient (Wildman–Crippen LogP) is 3.59. The molecule has 2 rings (SSSR count). The molecule has 0 fully saturated rings. The van der Waals surface area contributed by atoms with Crippen molar-refractivity contribution in [3.05, 3.63) is 52.8 Å². The normalized spacial score (nSPS) is 10.3. The van der Waals surface area contributed by atoms with E-state index in [1.807, 2.05) is 43.5 Å². The Hall–Kier alpha value is -1.41. The van der Waals surface area contributed by atoms with Gasteiger partial charge in [0.2, 0.25) is 0 Å². The van der Waals surface area contributed by atoms with Gasteiger partial charge in [0.15, 0.2) is 0 Å².